The zero-order valence-corrected chi connectivity index (χ0v) is 11.6. The lowest BCUT2D eigenvalue weighted by Gasteiger charge is -2.26. The molecular weight excluding hydrogens is 262 g/mol. The average molecular weight is 279 g/mol. The predicted octanol–water partition coefficient (Wildman–Crippen LogP) is 2.61. The molecule has 0 saturated carbocycles. The Bertz CT molecular complexity index is 803. The van der Waals surface area contributed by atoms with Gasteiger partial charge in [0.15, 0.2) is 0 Å². The van der Waals surface area contributed by atoms with Crippen LogP contribution < -0.4 is 16.8 Å². The van der Waals surface area contributed by atoms with Crippen LogP contribution in [-0.2, 0) is 0 Å². The van der Waals surface area contributed by atoms with Gasteiger partial charge in [0.2, 0.25) is 0 Å². The molecule has 106 valence electrons. The van der Waals surface area contributed by atoms with E-state index in [1.165, 1.54) is 5.56 Å². The number of fused-ring (bicyclic) bond motifs is 3. The Morgan fingerprint density at radius 2 is 1.81 bits per heavy atom. The lowest BCUT2D eigenvalue weighted by molar-refractivity contribution is 0.486. The van der Waals surface area contributed by atoms with Gasteiger partial charge in [0.05, 0.1) is 11.6 Å². The minimum atomic E-state index is 0.232. The molecule has 21 heavy (non-hydrogen) atoms. The summed E-state index contributed by atoms with van der Waals surface area (Å²) in [7, 11) is 0. The average Bonchev–Trinajstić information content (AvgIpc) is 2.85. The van der Waals surface area contributed by atoms with E-state index in [1.54, 1.807) is 0 Å². The molecule has 2 heterocycles. The highest BCUT2D eigenvalue weighted by Crippen LogP contribution is 2.35. The highest BCUT2D eigenvalue weighted by molar-refractivity contribution is 5.92. The second-order valence-electron chi connectivity index (χ2n) is 5.47. The molecule has 0 fully saturated rings. The van der Waals surface area contributed by atoms with Crippen LogP contribution in [0.25, 0.3) is 10.9 Å². The zero-order chi connectivity index (χ0) is 14.4. The molecule has 0 saturated heterocycles. The summed E-state index contributed by atoms with van der Waals surface area (Å²) >= 11 is 0. The fourth-order valence-corrected chi connectivity index (χ4v) is 3.00. The van der Waals surface area contributed by atoms with Crippen molar-refractivity contribution in [2.24, 2.45) is 0 Å². The van der Waals surface area contributed by atoms with Gasteiger partial charge in [-0.25, -0.2) is 4.68 Å². The van der Waals surface area contributed by atoms with Crippen LogP contribution in [0, 0.1) is 0 Å². The monoisotopic (exact) mass is 279 g/mol. The van der Waals surface area contributed by atoms with Crippen LogP contribution in [0.3, 0.4) is 0 Å². The quantitative estimate of drug-likeness (QED) is 0.598. The molecule has 1 atom stereocenters. The first-order chi connectivity index (χ1) is 10.2. The number of nitrogens with zero attached hydrogens (tertiary/aromatic N) is 2. The summed E-state index contributed by atoms with van der Waals surface area (Å²) in [6.45, 7) is 0.931. The van der Waals surface area contributed by atoms with E-state index in [0.717, 1.165) is 41.1 Å². The van der Waals surface area contributed by atoms with Gasteiger partial charge >= 0.3 is 0 Å². The molecular formula is C16H17N5. The summed E-state index contributed by atoms with van der Waals surface area (Å²) in [6.07, 6.45) is 1.00. The molecule has 0 spiro atoms. The van der Waals surface area contributed by atoms with Gasteiger partial charge in [-0.1, -0.05) is 12.1 Å². The third-order valence-electron chi connectivity index (χ3n) is 4.05. The van der Waals surface area contributed by atoms with Crippen LogP contribution in [0.5, 0.6) is 0 Å². The van der Waals surface area contributed by atoms with Gasteiger partial charge in [0.25, 0.3) is 0 Å². The lowest BCUT2D eigenvalue weighted by Crippen LogP contribution is -2.24. The molecule has 0 aliphatic carbocycles. The first-order valence-corrected chi connectivity index (χ1v) is 7.09. The number of hydrogen-bond acceptors (Lipinski definition) is 4. The van der Waals surface area contributed by atoms with E-state index in [1.807, 2.05) is 30.3 Å². The normalized spacial score (nSPS) is 17.4. The number of aromatic nitrogens is 2. The zero-order valence-electron chi connectivity index (χ0n) is 11.6. The highest BCUT2D eigenvalue weighted by atomic mass is 15.4. The van der Waals surface area contributed by atoms with Crippen molar-refractivity contribution in [3.05, 3.63) is 48.0 Å². The van der Waals surface area contributed by atoms with Crippen LogP contribution >= 0.6 is 0 Å². The Hall–Kier alpha value is -2.69. The van der Waals surface area contributed by atoms with Gasteiger partial charge in [0.1, 0.15) is 5.82 Å². The first-order valence-electron chi connectivity index (χ1n) is 7.09. The Balaban J connectivity index is 1.87. The molecule has 0 radical (unpaired) electrons. The topological polar surface area (TPSA) is 81.9 Å². The van der Waals surface area contributed by atoms with Gasteiger partial charge < -0.3 is 16.8 Å². The summed E-state index contributed by atoms with van der Waals surface area (Å²) in [6, 6.07) is 14.1. The van der Waals surface area contributed by atoms with Gasteiger partial charge in [-0.2, -0.15) is 5.10 Å². The van der Waals surface area contributed by atoms with E-state index in [0.29, 0.717) is 0 Å². The molecule has 2 aromatic carbocycles. The van der Waals surface area contributed by atoms with Crippen LogP contribution in [0.1, 0.15) is 18.0 Å². The minimum Gasteiger partial charge on any atom is -0.399 e. The third kappa shape index (κ3) is 1.89. The lowest BCUT2D eigenvalue weighted by atomic mass is 10.0. The van der Waals surface area contributed by atoms with Crippen LogP contribution in [0.2, 0.25) is 0 Å². The second-order valence-corrected chi connectivity index (χ2v) is 5.47. The molecule has 0 bridgehead atoms. The molecule has 1 unspecified atom stereocenters. The second kappa shape index (κ2) is 4.41. The van der Waals surface area contributed by atoms with Crippen molar-refractivity contribution >= 4 is 28.1 Å². The molecule has 1 aliphatic heterocycles. The van der Waals surface area contributed by atoms with Gasteiger partial charge in [0, 0.05) is 23.3 Å². The van der Waals surface area contributed by atoms with Crippen LogP contribution in [-0.4, -0.2) is 16.3 Å². The Labute approximate surface area is 122 Å². The summed E-state index contributed by atoms with van der Waals surface area (Å²) in [5.41, 5.74) is 15.3. The van der Waals surface area contributed by atoms with Crippen molar-refractivity contribution in [2.75, 3.05) is 23.3 Å². The largest absolute Gasteiger partial charge is 0.399 e. The molecule has 3 aromatic rings. The summed E-state index contributed by atoms with van der Waals surface area (Å²) in [5.74, 6) is 1.07. The van der Waals surface area contributed by atoms with E-state index < -0.39 is 0 Å². The van der Waals surface area contributed by atoms with E-state index in [9.17, 15) is 0 Å². The molecule has 4 rings (SSSR count). The number of anilines is 3. The predicted molar refractivity (Wildman–Crippen MR) is 86.2 cm³/mol. The van der Waals surface area contributed by atoms with Crippen molar-refractivity contribution in [2.45, 2.75) is 12.5 Å². The maximum absolute atomic E-state index is 5.86. The number of nitrogen functional groups attached to an aromatic ring is 2. The number of nitrogens with two attached hydrogens (primary N) is 2. The van der Waals surface area contributed by atoms with E-state index in [2.05, 4.69) is 22.1 Å². The number of rotatable bonds is 1. The first kappa shape index (κ1) is 12.1. The van der Waals surface area contributed by atoms with Crippen molar-refractivity contribution in [3.8, 4) is 0 Å². The van der Waals surface area contributed by atoms with E-state index >= 15 is 0 Å². The fraction of sp³-hybridized carbons (Fsp3) is 0.188. The highest BCUT2D eigenvalue weighted by Gasteiger charge is 2.24. The van der Waals surface area contributed by atoms with Gasteiger partial charge in [-0.3, -0.25) is 0 Å². The van der Waals surface area contributed by atoms with Crippen molar-refractivity contribution in [3.63, 3.8) is 0 Å². The fourth-order valence-electron chi connectivity index (χ4n) is 3.00. The smallest absolute Gasteiger partial charge is 0.132 e. The van der Waals surface area contributed by atoms with E-state index in [4.69, 9.17) is 16.6 Å². The van der Waals surface area contributed by atoms with Crippen molar-refractivity contribution in [1.82, 2.24) is 9.78 Å². The van der Waals surface area contributed by atoms with Gasteiger partial charge in [-0.05, 0) is 42.3 Å². The number of benzene rings is 2. The molecule has 1 aromatic heterocycles. The molecule has 5 heteroatoms. The maximum atomic E-state index is 5.86. The van der Waals surface area contributed by atoms with Crippen molar-refractivity contribution in [1.29, 1.82) is 0 Å². The van der Waals surface area contributed by atoms with Crippen LogP contribution in [0.4, 0.5) is 17.2 Å². The standard InChI is InChI=1S/C16H17N5/c17-11-3-1-10(2-4-11)15-7-8-19-16-13-6-5-12(18)9-14(13)20-21(15)16/h1-6,9,15,19H,7-8,17-18H2. The Morgan fingerprint density at radius 3 is 2.62 bits per heavy atom. The van der Waals surface area contributed by atoms with Gasteiger partial charge in [-0.15, -0.1) is 0 Å². The third-order valence-corrected chi connectivity index (χ3v) is 4.05. The molecule has 1 aliphatic rings. The molecule has 5 nitrogen and oxygen atoms in total. The Kier molecular flexibility index (Phi) is 2.54. The summed E-state index contributed by atoms with van der Waals surface area (Å²) in [4.78, 5) is 0. The number of nitrogens with one attached hydrogen (secondary N) is 1. The minimum absolute atomic E-state index is 0.232. The van der Waals surface area contributed by atoms with Crippen LogP contribution in [0.15, 0.2) is 42.5 Å². The Morgan fingerprint density at radius 1 is 1.05 bits per heavy atom. The summed E-state index contributed by atoms with van der Waals surface area (Å²) < 4.78 is 2.07. The maximum Gasteiger partial charge on any atom is 0.132 e. The number of hydrogen-bond donors (Lipinski definition) is 3. The van der Waals surface area contributed by atoms with E-state index in [-0.39, 0.29) is 6.04 Å². The SMILES string of the molecule is Nc1ccc(C2CCNc3c4ccc(N)cc4nn32)cc1. The summed E-state index contributed by atoms with van der Waals surface area (Å²) in [5, 5.41) is 9.30. The molecule has 0 amide bonds. The van der Waals surface area contributed by atoms with Crippen molar-refractivity contribution < 1.29 is 0 Å². The molecule has 5 N–H and O–H groups in total.